The summed E-state index contributed by atoms with van der Waals surface area (Å²) in [5.74, 6) is 0.366. The summed E-state index contributed by atoms with van der Waals surface area (Å²) in [6, 6.07) is 4.98. The predicted octanol–water partition coefficient (Wildman–Crippen LogP) is 1.46. The van der Waals surface area contributed by atoms with Gasteiger partial charge in [-0.3, -0.25) is 14.9 Å². The number of ether oxygens (including phenoxy) is 1. The minimum absolute atomic E-state index is 0.0130. The van der Waals surface area contributed by atoms with Crippen molar-refractivity contribution in [2.24, 2.45) is 0 Å². The van der Waals surface area contributed by atoms with Gasteiger partial charge in [0.1, 0.15) is 5.75 Å². The van der Waals surface area contributed by atoms with Crippen LogP contribution in [0.25, 0.3) is 0 Å². The molecule has 1 N–H and O–H groups in total. The highest BCUT2D eigenvalue weighted by Crippen LogP contribution is 2.35. The summed E-state index contributed by atoms with van der Waals surface area (Å²) >= 11 is 0. The zero-order valence-corrected chi connectivity index (χ0v) is 11.6. The number of carbonyl (C=O) groups excluding carboxylic acids is 1. The van der Waals surface area contributed by atoms with Crippen LogP contribution in [0.3, 0.4) is 0 Å². The quantitative estimate of drug-likeness (QED) is 0.487. The number of fused-ring (bicyclic) bond motifs is 1. The van der Waals surface area contributed by atoms with E-state index in [-0.39, 0.29) is 18.2 Å². The SMILES string of the molecule is O=C1COc2ccc([N+](=O)[O-])cc2N1CCCNC1CC1. The summed E-state index contributed by atoms with van der Waals surface area (Å²) in [4.78, 5) is 24.0. The van der Waals surface area contributed by atoms with Crippen LogP contribution in [0.1, 0.15) is 19.3 Å². The number of amides is 1. The summed E-state index contributed by atoms with van der Waals surface area (Å²) < 4.78 is 5.33. The molecule has 7 heteroatoms. The monoisotopic (exact) mass is 291 g/mol. The van der Waals surface area contributed by atoms with Crippen LogP contribution in [-0.2, 0) is 4.79 Å². The van der Waals surface area contributed by atoms with Gasteiger partial charge in [-0.15, -0.1) is 0 Å². The van der Waals surface area contributed by atoms with E-state index in [0.717, 1.165) is 13.0 Å². The van der Waals surface area contributed by atoms with E-state index in [0.29, 0.717) is 24.0 Å². The number of non-ortho nitro benzene ring substituents is 1. The second kappa shape index (κ2) is 5.69. The molecule has 1 heterocycles. The largest absolute Gasteiger partial charge is 0.482 e. The lowest BCUT2D eigenvalue weighted by atomic mass is 10.2. The standard InChI is InChI=1S/C14H17N3O4/c18-14-9-21-13-5-4-11(17(19)20)8-12(13)16(14)7-1-6-15-10-2-3-10/h4-5,8,10,15H,1-3,6-7,9H2. The number of nitro benzene ring substituents is 1. The van der Waals surface area contributed by atoms with Crippen molar-refractivity contribution in [2.45, 2.75) is 25.3 Å². The van der Waals surface area contributed by atoms with E-state index < -0.39 is 4.92 Å². The van der Waals surface area contributed by atoms with Gasteiger partial charge in [-0.05, 0) is 31.9 Å². The summed E-state index contributed by atoms with van der Waals surface area (Å²) in [7, 11) is 0. The fraction of sp³-hybridized carbons (Fsp3) is 0.500. The number of benzene rings is 1. The lowest BCUT2D eigenvalue weighted by Gasteiger charge is -2.29. The molecule has 112 valence electrons. The van der Waals surface area contributed by atoms with Gasteiger partial charge < -0.3 is 15.0 Å². The van der Waals surface area contributed by atoms with Gasteiger partial charge in [0.05, 0.1) is 10.6 Å². The highest BCUT2D eigenvalue weighted by Gasteiger charge is 2.27. The second-order valence-electron chi connectivity index (χ2n) is 5.33. The zero-order valence-electron chi connectivity index (χ0n) is 11.6. The van der Waals surface area contributed by atoms with Crippen LogP contribution in [-0.4, -0.2) is 36.6 Å². The van der Waals surface area contributed by atoms with E-state index in [4.69, 9.17) is 4.74 Å². The first-order valence-corrected chi connectivity index (χ1v) is 7.10. The molecule has 2 aliphatic rings. The molecule has 0 aromatic heterocycles. The molecule has 3 rings (SSSR count). The Morgan fingerprint density at radius 3 is 2.95 bits per heavy atom. The van der Waals surface area contributed by atoms with Crippen molar-refractivity contribution in [3.63, 3.8) is 0 Å². The van der Waals surface area contributed by atoms with Crippen molar-refractivity contribution in [3.05, 3.63) is 28.3 Å². The summed E-state index contributed by atoms with van der Waals surface area (Å²) in [6.07, 6.45) is 3.27. The molecule has 0 spiro atoms. The van der Waals surface area contributed by atoms with Crippen LogP contribution in [0.5, 0.6) is 5.75 Å². The summed E-state index contributed by atoms with van der Waals surface area (Å²) in [6.45, 7) is 1.37. The maximum atomic E-state index is 12.0. The van der Waals surface area contributed by atoms with E-state index in [1.165, 1.54) is 25.0 Å². The maximum absolute atomic E-state index is 12.0. The Bertz CT molecular complexity index is 571. The molecule has 1 aromatic carbocycles. The zero-order chi connectivity index (χ0) is 14.8. The predicted molar refractivity (Wildman–Crippen MR) is 76.6 cm³/mol. The molecule has 0 bridgehead atoms. The van der Waals surface area contributed by atoms with Crippen molar-refractivity contribution in [3.8, 4) is 5.75 Å². The van der Waals surface area contributed by atoms with Gasteiger partial charge in [-0.25, -0.2) is 0 Å². The van der Waals surface area contributed by atoms with Gasteiger partial charge in [-0.2, -0.15) is 0 Å². The molecular weight excluding hydrogens is 274 g/mol. The van der Waals surface area contributed by atoms with E-state index >= 15 is 0 Å². The van der Waals surface area contributed by atoms with Gasteiger partial charge in [0.15, 0.2) is 6.61 Å². The average molecular weight is 291 g/mol. The highest BCUT2D eigenvalue weighted by molar-refractivity contribution is 5.98. The Hall–Kier alpha value is -2.15. The Morgan fingerprint density at radius 1 is 1.43 bits per heavy atom. The second-order valence-corrected chi connectivity index (χ2v) is 5.33. The third kappa shape index (κ3) is 3.13. The third-order valence-electron chi connectivity index (χ3n) is 3.67. The van der Waals surface area contributed by atoms with Gasteiger partial charge >= 0.3 is 0 Å². The fourth-order valence-electron chi connectivity index (χ4n) is 2.38. The molecule has 1 fully saturated rings. The van der Waals surface area contributed by atoms with Crippen molar-refractivity contribution in [2.75, 3.05) is 24.6 Å². The van der Waals surface area contributed by atoms with E-state index in [9.17, 15) is 14.9 Å². The molecule has 1 amide bonds. The van der Waals surface area contributed by atoms with Crippen LogP contribution in [0.2, 0.25) is 0 Å². The Balaban J connectivity index is 1.71. The lowest BCUT2D eigenvalue weighted by molar-refractivity contribution is -0.384. The Morgan fingerprint density at radius 2 is 2.24 bits per heavy atom. The summed E-state index contributed by atoms with van der Waals surface area (Å²) in [5, 5.41) is 14.3. The number of hydrogen-bond donors (Lipinski definition) is 1. The molecule has 7 nitrogen and oxygen atoms in total. The highest BCUT2D eigenvalue weighted by atomic mass is 16.6. The smallest absolute Gasteiger partial charge is 0.271 e. The first-order chi connectivity index (χ1) is 10.1. The van der Waals surface area contributed by atoms with E-state index in [1.54, 1.807) is 11.0 Å². The summed E-state index contributed by atoms with van der Waals surface area (Å²) in [5.41, 5.74) is 0.458. The van der Waals surface area contributed by atoms with Crippen molar-refractivity contribution < 1.29 is 14.5 Å². The average Bonchev–Trinajstić information content (AvgIpc) is 3.29. The Labute approximate surface area is 122 Å². The van der Waals surface area contributed by atoms with Crippen molar-refractivity contribution >= 4 is 17.3 Å². The normalized spacial score (nSPS) is 17.3. The maximum Gasteiger partial charge on any atom is 0.271 e. The van der Waals surface area contributed by atoms with Gasteiger partial charge in [0.25, 0.3) is 11.6 Å². The third-order valence-corrected chi connectivity index (χ3v) is 3.67. The molecule has 0 saturated heterocycles. The number of nitrogens with zero attached hydrogens (tertiary/aromatic N) is 2. The molecule has 1 saturated carbocycles. The molecule has 21 heavy (non-hydrogen) atoms. The van der Waals surface area contributed by atoms with Crippen LogP contribution >= 0.6 is 0 Å². The number of nitrogens with one attached hydrogen (secondary N) is 1. The van der Waals surface area contributed by atoms with E-state index in [2.05, 4.69) is 5.32 Å². The molecule has 1 aliphatic carbocycles. The topological polar surface area (TPSA) is 84.7 Å². The first-order valence-electron chi connectivity index (χ1n) is 7.10. The molecule has 0 radical (unpaired) electrons. The van der Waals surface area contributed by atoms with Crippen LogP contribution in [0, 0.1) is 10.1 Å². The lowest BCUT2D eigenvalue weighted by Crippen LogP contribution is -2.40. The molecule has 1 aliphatic heterocycles. The fourth-order valence-corrected chi connectivity index (χ4v) is 2.38. The number of carbonyl (C=O) groups is 1. The van der Waals surface area contributed by atoms with Crippen molar-refractivity contribution in [1.29, 1.82) is 0 Å². The molecular formula is C14H17N3O4. The van der Waals surface area contributed by atoms with Crippen LogP contribution in [0.4, 0.5) is 11.4 Å². The molecule has 0 atom stereocenters. The van der Waals surface area contributed by atoms with Crippen LogP contribution < -0.4 is 15.0 Å². The molecule has 0 unspecified atom stereocenters. The van der Waals surface area contributed by atoms with E-state index in [1.807, 2.05) is 0 Å². The Kier molecular flexibility index (Phi) is 3.74. The van der Waals surface area contributed by atoms with Crippen LogP contribution in [0.15, 0.2) is 18.2 Å². The number of anilines is 1. The first kappa shape index (κ1) is 13.8. The minimum Gasteiger partial charge on any atom is -0.482 e. The van der Waals surface area contributed by atoms with Gasteiger partial charge in [0.2, 0.25) is 0 Å². The number of hydrogen-bond acceptors (Lipinski definition) is 5. The number of rotatable bonds is 6. The van der Waals surface area contributed by atoms with Gasteiger partial charge in [0, 0.05) is 24.7 Å². The van der Waals surface area contributed by atoms with Gasteiger partial charge in [-0.1, -0.05) is 0 Å². The minimum atomic E-state index is -0.466. The van der Waals surface area contributed by atoms with Crippen molar-refractivity contribution in [1.82, 2.24) is 5.32 Å². The molecule has 1 aromatic rings. The number of nitro groups is 1.